The van der Waals surface area contributed by atoms with Crippen LogP contribution in [0, 0.1) is 0 Å². The summed E-state index contributed by atoms with van der Waals surface area (Å²) in [6.07, 6.45) is 2.76. The van der Waals surface area contributed by atoms with Crippen LogP contribution in [0.5, 0.6) is 0 Å². The maximum Gasteiger partial charge on any atom is 0.410 e. The highest BCUT2D eigenvalue weighted by atomic mass is 16.7. The average Bonchev–Trinajstić information content (AvgIpc) is 2.65. The first-order valence-electron chi connectivity index (χ1n) is 8.66. The number of hydrogen-bond acceptors (Lipinski definition) is 5. The summed E-state index contributed by atoms with van der Waals surface area (Å²) in [6.45, 7) is 12.4. The SMILES string of the molecule is CC(C)(C)OC(=O)N1CCCC(NC2COC(C)(C)OC2)CC1. The number of nitrogens with one attached hydrogen (secondary N) is 1. The Morgan fingerprint density at radius 2 is 1.78 bits per heavy atom. The van der Waals surface area contributed by atoms with Crippen LogP contribution in [-0.2, 0) is 14.2 Å². The summed E-state index contributed by atoms with van der Waals surface area (Å²) in [5, 5.41) is 3.61. The summed E-state index contributed by atoms with van der Waals surface area (Å²) >= 11 is 0. The Morgan fingerprint density at radius 3 is 2.39 bits per heavy atom. The predicted molar refractivity (Wildman–Crippen MR) is 88.4 cm³/mol. The van der Waals surface area contributed by atoms with Gasteiger partial charge in [0.2, 0.25) is 0 Å². The summed E-state index contributed by atoms with van der Waals surface area (Å²) < 4.78 is 16.9. The van der Waals surface area contributed by atoms with Crippen LogP contribution >= 0.6 is 0 Å². The molecule has 6 heteroatoms. The second kappa shape index (κ2) is 7.36. The highest BCUT2D eigenvalue weighted by molar-refractivity contribution is 5.68. The lowest BCUT2D eigenvalue weighted by Crippen LogP contribution is -2.51. The molecule has 2 aliphatic rings. The van der Waals surface area contributed by atoms with Gasteiger partial charge in [0.05, 0.1) is 19.3 Å². The second-order valence-electron chi connectivity index (χ2n) is 7.98. The van der Waals surface area contributed by atoms with E-state index >= 15 is 0 Å². The molecule has 2 aliphatic heterocycles. The van der Waals surface area contributed by atoms with Crippen molar-refractivity contribution in [1.29, 1.82) is 0 Å². The van der Waals surface area contributed by atoms with Crippen molar-refractivity contribution in [2.75, 3.05) is 26.3 Å². The normalized spacial score (nSPS) is 26.7. The van der Waals surface area contributed by atoms with E-state index in [0.717, 1.165) is 32.4 Å². The van der Waals surface area contributed by atoms with Crippen molar-refractivity contribution in [3.8, 4) is 0 Å². The number of nitrogens with zero attached hydrogens (tertiary/aromatic N) is 1. The Bertz CT molecular complexity index is 396. The summed E-state index contributed by atoms with van der Waals surface area (Å²) in [6, 6.07) is 0.613. The fourth-order valence-corrected chi connectivity index (χ4v) is 2.89. The first-order valence-corrected chi connectivity index (χ1v) is 8.66. The van der Waals surface area contributed by atoms with Gasteiger partial charge in [-0.2, -0.15) is 0 Å². The summed E-state index contributed by atoms with van der Waals surface area (Å²) in [5.74, 6) is -0.477. The standard InChI is InChI=1S/C17H32N2O4/c1-16(2,3)23-15(20)19-9-6-7-13(8-10-19)18-14-11-21-17(4,5)22-12-14/h13-14,18H,6-12H2,1-5H3. The van der Waals surface area contributed by atoms with Gasteiger partial charge in [-0.05, 0) is 53.9 Å². The first kappa shape index (κ1) is 18.5. The third-order valence-corrected chi connectivity index (χ3v) is 4.12. The van der Waals surface area contributed by atoms with Gasteiger partial charge < -0.3 is 24.4 Å². The van der Waals surface area contributed by atoms with Crippen molar-refractivity contribution < 1.29 is 19.0 Å². The molecule has 1 atom stereocenters. The largest absolute Gasteiger partial charge is 0.444 e. The minimum Gasteiger partial charge on any atom is -0.444 e. The number of carbonyl (C=O) groups is 1. The zero-order chi connectivity index (χ0) is 17.1. The van der Waals surface area contributed by atoms with Crippen LogP contribution in [0.4, 0.5) is 4.79 Å². The molecule has 0 saturated carbocycles. The van der Waals surface area contributed by atoms with Crippen molar-refractivity contribution in [3.63, 3.8) is 0 Å². The Labute approximate surface area is 139 Å². The van der Waals surface area contributed by atoms with E-state index in [9.17, 15) is 4.79 Å². The van der Waals surface area contributed by atoms with Gasteiger partial charge in [0.15, 0.2) is 5.79 Å². The molecule has 1 N–H and O–H groups in total. The molecule has 23 heavy (non-hydrogen) atoms. The van der Waals surface area contributed by atoms with Crippen LogP contribution in [0.25, 0.3) is 0 Å². The van der Waals surface area contributed by atoms with Gasteiger partial charge in [-0.3, -0.25) is 0 Å². The summed E-state index contributed by atoms with van der Waals surface area (Å²) in [4.78, 5) is 14.0. The lowest BCUT2D eigenvalue weighted by Gasteiger charge is -2.36. The maximum absolute atomic E-state index is 12.2. The molecule has 0 aromatic carbocycles. The second-order valence-corrected chi connectivity index (χ2v) is 7.98. The monoisotopic (exact) mass is 328 g/mol. The van der Waals surface area contributed by atoms with E-state index in [2.05, 4.69) is 5.32 Å². The van der Waals surface area contributed by atoms with E-state index < -0.39 is 11.4 Å². The van der Waals surface area contributed by atoms with Crippen molar-refractivity contribution in [2.45, 2.75) is 77.4 Å². The van der Waals surface area contributed by atoms with E-state index in [1.165, 1.54) is 0 Å². The van der Waals surface area contributed by atoms with E-state index in [1.54, 1.807) is 0 Å². The zero-order valence-corrected chi connectivity index (χ0v) is 15.2. The Kier molecular flexibility index (Phi) is 5.92. The first-order chi connectivity index (χ1) is 10.6. The molecule has 2 saturated heterocycles. The maximum atomic E-state index is 12.2. The van der Waals surface area contributed by atoms with E-state index in [0.29, 0.717) is 19.3 Å². The van der Waals surface area contributed by atoms with Gasteiger partial charge in [-0.1, -0.05) is 0 Å². The van der Waals surface area contributed by atoms with Gasteiger partial charge in [0, 0.05) is 19.1 Å². The topological polar surface area (TPSA) is 60.0 Å². The molecule has 0 aromatic heterocycles. The highest BCUT2D eigenvalue weighted by Crippen LogP contribution is 2.19. The van der Waals surface area contributed by atoms with E-state index in [4.69, 9.17) is 14.2 Å². The molecule has 2 fully saturated rings. The number of likely N-dealkylation sites (tertiary alicyclic amines) is 1. The van der Waals surface area contributed by atoms with Crippen molar-refractivity contribution in [1.82, 2.24) is 10.2 Å². The molecular formula is C17H32N2O4. The van der Waals surface area contributed by atoms with Gasteiger partial charge in [0.25, 0.3) is 0 Å². The highest BCUT2D eigenvalue weighted by Gasteiger charge is 2.30. The lowest BCUT2D eigenvalue weighted by molar-refractivity contribution is -0.253. The predicted octanol–water partition coefficient (Wildman–Crippen LogP) is 2.52. The Hall–Kier alpha value is -0.850. The van der Waals surface area contributed by atoms with Gasteiger partial charge in [-0.15, -0.1) is 0 Å². The molecule has 1 unspecified atom stereocenters. The van der Waals surface area contributed by atoms with Crippen LogP contribution in [-0.4, -0.2) is 60.8 Å². The smallest absolute Gasteiger partial charge is 0.410 e. The number of rotatable bonds is 2. The Morgan fingerprint density at radius 1 is 1.13 bits per heavy atom. The van der Waals surface area contributed by atoms with Crippen molar-refractivity contribution >= 4 is 6.09 Å². The number of hydrogen-bond donors (Lipinski definition) is 1. The van der Waals surface area contributed by atoms with E-state index in [-0.39, 0.29) is 12.1 Å². The minimum absolute atomic E-state index is 0.204. The molecule has 6 nitrogen and oxygen atoms in total. The summed E-state index contributed by atoms with van der Waals surface area (Å²) in [7, 11) is 0. The minimum atomic E-state index is -0.477. The molecule has 2 rings (SSSR count). The van der Waals surface area contributed by atoms with Gasteiger partial charge in [0.1, 0.15) is 5.60 Å². The van der Waals surface area contributed by atoms with Crippen LogP contribution in [0.15, 0.2) is 0 Å². The van der Waals surface area contributed by atoms with Crippen LogP contribution in [0.2, 0.25) is 0 Å². The number of ether oxygens (including phenoxy) is 3. The van der Waals surface area contributed by atoms with E-state index in [1.807, 2.05) is 39.5 Å². The molecule has 1 amide bonds. The third-order valence-electron chi connectivity index (χ3n) is 4.12. The molecule has 2 heterocycles. The summed E-state index contributed by atoms with van der Waals surface area (Å²) in [5.41, 5.74) is -0.440. The van der Waals surface area contributed by atoms with Gasteiger partial charge >= 0.3 is 6.09 Å². The molecule has 134 valence electrons. The fraction of sp³-hybridized carbons (Fsp3) is 0.941. The molecule has 0 bridgehead atoms. The van der Waals surface area contributed by atoms with Crippen molar-refractivity contribution in [3.05, 3.63) is 0 Å². The quantitative estimate of drug-likeness (QED) is 0.844. The van der Waals surface area contributed by atoms with Gasteiger partial charge in [-0.25, -0.2) is 4.79 Å². The Balaban J connectivity index is 1.77. The van der Waals surface area contributed by atoms with Crippen LogP contribution < -0.4 is 5.32 Å². The number of amides is 1. The molecular weight excluding hydrogens is 296 g/mol. The fourth-order valence-electron chi connectivity index (χ4n) is 2.89. The molecule has 0 aliphatic carbocycles. The molecule has 0 radical (unpaired) electrons. The zero-order valence-electron chi connectivity index (χ0n) is 15.2. The average molecular weight is 328 g/mol. The molecule has 0 spiro atoms. The van der Waals surface area contributed by atoms with Crippen LogP contribution in [0.3, 0.4) is 0 Å². The molecule has 0 aromatic rings. The van der Waals surface area contributed by atoms with Crippen LogP contribution in [0.1, 0.15) is 53.9 Å². The number of carbonyl (C=O) groups excluding carboxylic acids is 1. The third kappa shape index (κ3) is 6.28. The van der Waals surface area contributed by atoms with Crippen molar-refractivity contribution in [2.24, 2.45) is 0 Å². The lowest BCUT2D eigenvalue weighted by atomic mass is 10.1.